The Morgan fingerprint density at radius 2 is 1.04 bits per heavy atom. The van der Waals surface area contributed by atoms with E-state index in [2.05, 4.69) is 13.5 Å². The van der Waals surface area contributed by atoms with E-state index in [9.17, 15) is 0 Å². The zero-order valence-corrected chi connectivity index (χ0v) is 18.8. The topological polar surface area (TPSA) is 9.23 Å². The van der Waals surface area contributed by atoms with Crippen molar-refractivity contribution in [1.29, 1.82) is 0 Å². The van der Waals surface area contributed by atoms with Crippen molar-refractivity contribution in [2.45, 2.75) is 141 Å². The van der Waals surface area contributed by atoms with Gasteiger partial charge in [-0.3, -0.25) is 0 Å². The van der Waals surface area contributed by atoms with Crippen LogP contribution in [0, 0.1) is 0 Å². The SMILES string of the molecule is CCCCCCCCCCCCCCCCCC[Si]1(C)CCCCO1. The lowest BCUT2D eigenvalue weighted by Gasteiger charge is -2.31. The van der Waals surface area contributed by atoms with E-state index < -0.39 is 8.32 Å². The minimum Gasteiger partial charge on any atom is -0.417 e. The second kappa shape index (κ2) is 16.4. The third-order valence-corrected chi connectivity index (χ3v) is 9.83. The van der Waals surface area contributed by atoms with Gasteiger partial charge in [-0.05, 0) is 25.1 Å². The summed E-state index contributed by atoms with van der Waals surface area (Å²) in [7, 11) is -1.24. The van der Waals surface area contributed by atoms with Crippen LogP contribution in [0.25, 0.3) is 0 Å². The molecule has 1 aliphatic heterocycles. The Morgan fingerprint density at radius 3 is 1.44 bits per heavy atom. The first-order valence-electron chi connectivity index (χ1n) is 11.9. The second-order valence-electron chi connectivity index (χ2n) is 8.81. The van der Waals surface area contributed by atoms with E-state index in [1.54, 1.807) is 0 Å². The fourth-order valence-electron chi connectivity index (χ4n) is 4.24. The quantitative estimate of drug-likeness (QED) is 0.184. The van der Waals surface area contributed by atoms with Gasteiger partial charge in [0.05, 0.1) is 0 Å². The van der Waals surface area contributed by atoms with Crippen LogP contribution in [0.2, 0.25) is 18.6 Å². The van der Waals surface area contributed by atoms with Gasteiger partial charge < -0.3 is 4.43 Å². The molecule has 0 amide bonds. The molecule has 0 radical (unpaired) electrons. The first-order valence-corrected chi connectivity index (χ1v) is 14.7. The van der Waals surface area contributed by atoms with Crippen molar-refractivity contribution in [2.75, 3.05) is 6.61 Å². The Labute approximate surface area is 160 Å². The molecular weight excluding hydrogens is 320 g/mol. The molecule has 0 aromatic carbocycles. The van der Waals surface area contributed by atoms with E-state index >= 15 is 0 Å². The third-order valence-electron chi connectivity index (χ3n) is 6.11. The first kappa shape index (κ1) is 23.2. The lowest BCUT2D eigenvalue weighted by atomic mass is 10.0. The molecule has 0 aromatic rings. The highest BCUT2D eigenvalue weighted by atomic mass is 28.4. The van der Waals surface area contributed by atoms with Crippen LogP contribution < -0.4 is 0 Å². The van der Waals surface area contributed by atoms with Crippen molar-refractivity contribution in [3.05, 3.63) is 0 Å². The zero-order chi connectivity index (χ0) is 18.1. The van der Waals surface area contributed by atoms with Gasteiger partial charge in [0.2, 0.25) is 0 Å². The maximum atomic E-state index is 6.13. The molecule has 1 saturated heterocycles. The Bertz CT molecular complexity index is 273. The molecule has 1 heterocycles. The molecule has 0 aromatic heterocycles. The molecule has 1 unspecified atom stereocenters. The van der Waals surface area contributed by atoms with Gasteiger partial charge >= 0.3 is 0 Å². The summed E-state index contributed by atoms with van der Waals surface area (Å²) in [6.45, 7) is 5.83. The van der Waals surface area contributed by atoms with Gasteiger partial charge in [-0.2, -0.15) is 0 Å². The highest BCUT2D eigenvalue weighted by molar-refractivity contribution is 6.72. The van der Waals surface area contributed by atoms with Crippen LogP contribution in [0.5, 0.6) is 0 Å². The van der Waals surface area contributed by atoms with E-state index in [4.69, 9.17) is 4.43 Å². The Morgan fingerprint density at radius 1 is 0.600 bits per heavy atom. The average molecular weight is 369 g/mol. The summed E-state index contributed by atoms with van der Waals surface area (Å²) in [5, 5.41) is 0. The molecular formula is C23H48OSi. The molecule has 1 rings (SSSR count). The van der Waals surface area contributed by atoms with Gasteiger partial charge in [-0.25, -0.2) is 0 Å². The molecule has 2 heteroatoms. The monoisotopic (exact) mass is 368 g/mol. The molecule has 0 aliphatic carbocycles. The number of unbranched alkanes of at least 4 members (excludes halogenated alkanes) is 15. The molecule has 1 aliphatic rings. The number of hydrogen-bond acceptors (Lipinski definition) is 1. The van der Waals surface area contributed by atoms with Gasteiger partial charge in [-0.1, -0.05) is 116 Å². The van der Waals surface area contributed by atoms with E-state index in [0.717, 1.165) is 6.61 Å². The normalized spacial score (nSPS) is 20.9. The summed E-state index contributed by atoms with van der Waals surface area (Å²) < 4.78 is 6.13. The number of hydrogen-bond donors (Lipinski definition) is 0. The Kier molecular flexibility index (Phi) is 15.2. The molecule has 1 nitrogen and oxygen atoms in total. The predicted molar refractivity (Wildman–Crippen MR) is 116 cm³/mol. The Hall–Kier alpha value is 0.177. The average Bonchev–Trinajstić information content (AvgIpc) is 2.62. The molecule has 0 bridgehead atoms. The van der Waals surface area contributed by atoms with Crippen molar-refractivity contribution in [2.24, 2.45) is 0 Å². The van der Waals surface area contributed by atoms with Crippen LogP contribution in [-0.2, 0) is 4.43 Å². The minimum atomic E-state index is -1.24. The molecule has 0 N–H and O–H groups in total. The smallest absolute Gasteiger partial charge is 0.189 e. The lowest BCUT2D eigenvalue weighted by molar-refractivity contribution is 0.269. The summed E-state index contributed by atoms with van der Waals surface area (Å²) in [6, 6.07) is 2.84. The molecule has 150 valence electrons. The summed E-state index contributed by atoms with van der Waals surface area (Å²) in [6.07, 6.45) is 26.1. The summed E-state index contributed by atoms with van der Waals surface area (Å²) in [5.41, 5.74) is 0. The van der Waals surface area contributed by atoms with Crippen LogP contribution >= 0.6 is 0 Å². The molecule has 0 saturated carbocycles. The highest BCUT2D eigenvalue weighted by Crippen LogP contribution is 2.27. The highest BCUT2D eigenvalue weighted by Gasteiger charge is 2.30. The van der Waals surface area contributed by atoms with Crippen LogP contribution in [0.1, 0.15) is 122 Å². The van der Waals surface area contributed by atoms with Gasteiger partial charge in [0.25, 0.3) is 0 Å². The first-order chi connectivity index (χ1) is 12.3. The van der Waals surface area contributed by atoms with Crippen LogP contribution in [0.3, 0.4) is 0 Å². The van der Waals surface area contributed by atoms with Gasteiger partial charge in [0.15, 0.2) is 8.32 Å². The maximum Gasteiger partial charge on any atom is 0.189 e. The van der Waals surface area contributed by atoms with Gasteiger partial charge in [0, 0.05) is 6.61 Å². The van der Waals surface area contributed by atoms with Crippen molar-refractivity contribution in [3.63, 3.8) is 0 Å². The number of rotatable bonds is 17. The summed E-state index contributed by atoms with van der Waals surface area (Å²) in [5.74, 6) is 0. The lowest BCUT2D eigenvalue weighted by Crippen LogP contribution is -2.37. The van der Waals surface area contributed by atoms with Crippen molar-refractivity contribution in [1.82, 2.24) is 0 Å². The fraction of sp³-hybridized carbons (Fsp3) is 1.00. The van der Waals surface area contributed by atoms with Crippen molar-refractivity contribution < 1.29 is 4.43 Å². The van der Waals surface area contributed by atoms with E-state index in [0.29, 0.717) is 0 Å². The van der Waals surface area contributed by atoms with E-state index in [1.807, 2.05) is 0 Å². The molecule has 0 spiro atoms. The van der Waals surface area contributed by atoms with Gasteiger partial charge in [0.1, 0.15) is 0 Å². The predicted octanol–water partition coefficient (Wildman–Crippen LogP) is 8.63. The molecule has 25 heavy (non-hydrogen) atoms. The van der Waals surface area contributed by atoms with Gasteiger partial charge in [-0.15, -0.1) is 0 Å². The largest absolute Gasteiger partial charge is 0.417 e. The summed E-state index contributed by atoms with van der Waals surface area (Å²) in [4.78, 5) is 0. The van der Waals surface area contributed by atoms with Crippen molar-refractivity contribution >= 4 is 8.32 Å². The summed E-state index contributed by atoms with van der Waals surface area (Å²) >= 11 is 0. The van der Waals surface area contributed by atoms with Crippen LogP contribution in [0.4, 0.5) is 0 Å². The second-order valence-corrected chi connectivity index (χ2v) is 13.0. The van der Waals surface area contributed by atoms with Crippen molar-refractivity contribution in [3.8, 4) is 0 Å². The van der Waals surface area contributed by atoms with Crippen LogP contribution in [0.15, 0.2) is 0 Å². The van der Waals surface area contributed by atoms with E-state index in [-0.39, 0.29) is 0 Å². The third kappa shape index (κ3) is 14.0. The standard InChI is InChI=1S/C23H48OSi/c1-3-4-5-6-7-8-9-10-11-12-13-14-15-16-17-19-22-25(2)23-20-18-21-24-25/h3-23H2,1-2H3. The maximum absolute atomic E-state index is 6.13. The van der Waals surface area contributed by atoms with E-state index in [1.165, 1.54) is 128 Å². The molecule has 1 fully saturated rings. The minimum absolute atomic E-state index is 1.06. The molecule has 1 atom stereocenters. The fourth-order valence-corrected chi connectivity index (χ4v) is 7.41. The van der Waals surface area contributed by atoms with Crippen LogP contribution in [-0.4, -0.2) is 14.9 Å². The zero-order valence-electron chi connectivity index (χ0n) is 17.8. The Balaban J connectivity index is 1.72.